The molecule has 33 heavy (non-hydrogen) atoms. The first kappa shape index (κ1) is 23.0. The van der Waals surface area contributed by atoms with Crippen LogP contribution >= 0.6 is 0 Å². The largest absolute Gasteiger partial charge is 0.378 e. The zero-order valence-electron chi connectivity index (χ0n) is 19.3. The van der Waals surface area contributed by atoms with Gasteiger partial charge in [-0.15, -0.1) is 0 Å². The van der Waals surface area contributed by atoms with E-state index in [1.165, 1.54) is 29.5 Å². The molecule has 0 bridgehead atoms. The molecule has 0 unspecified atom stereocenters. The number of hydrogen-bond acceptors (Lipinski definition) is 4. The maximum atomic E-state index is 12.6. The first-order valence-electron chi connectivity index (χ1n) is 11.2. The molecule has 0 aliphatic rings. The molecule has 0 atom stereocenters. The zero-order valence-corrected chi connectivity index (χ0v) is 20.1. The fourth-order valence-corrected chi connectivity index (χ4v) is 4.90. The number of para-hydroxylation sites is 1. The van der Waals surface area contributed by atoms with Gasteiger partial charge in [-0.1, -0.05) is 55.5 Å². The van der Waals surface area contributed by atoms with Gasteiger partial charge in [0.2, 0.25) is 10.0 Å². The lowest BCUT2D eigenvalue weighted by Gasteiger charge is -2.13. The van der Waals surface area contributed by atoms with Gasteiger partial charge in [0.25, 0.3) is 0 Å². The minimum absolute atomic E-state index is 0.258. The number of sulfonamides is 1. The summed E-state index contributed by atoms with van der Waals surface area (Å²) in [6.45, 7) is 3.50. The van der Waals surface area contributed by atoms with Crippen LogP contribution in [0, 0.1) is 0 Å². The van der Waals surface area contributed by atoms with Crippen molar-refractivity contribution < 1.29 is 8.42 Å². The molecule has 1 N–H and O–H groups in total. The number of aromatic nitrogens is 2. The lowest BCUT2D eigenvalue weighted by Crippen LogP contribution is -2.22. The number of imidazole rings is 1. The third kappa shape index (κ3) is 4.94. The minimum atomic E-state index is -3.51. The Hall–Kier alpha value is -3.16. The Morgan fingerprint density at radius 2 is 1.70 bits per heavy atom. The molecular formula is C26H30N4O2S. The first-order valence-corrected chi connectivity index (χ1v) is 12.6. The second-order valence-electron chi connectivity index (χ2n) is 8.29. The van der Waals surface area contributed by atoms with E-state index in [-0.39, 0.29) is 4.90 Å². The summed E-state index contributed by atoms with van der Waals surface area (Å²) in [6, 6.07) is 23.9. The molecule has 0 aliphatic heterocycles. The van der Waals surface area contributed by atoms with Crippen molar-refractivity contribution in [2.45, 2.75) is 37.8 Å². The highest BCUT2D eigenvalue weighted by molar-refractivity contribution is 7.89. The molecule has 172 valence electrons. The quantitative estimate of drug-likeness (QED) is 0.384. The Morgan fingerprint density at radius 1 is 0.970 bits per heavy atom. The van der Waals surface area contributed by atoms with Gasteiger partial charge in [0, 0.05) is 26.3 Å². The van der Waals surface area contributed by atoms with E-state index in [2.05, 4.69) is 59.3 Å². The van der Waals surface area contributed by atoms with Crippen molar-refractivity contribution in [3.63, 3.8) is 0 Å². The van der Waals surface area contributed by atoms with E-state index in [4.69, 9.17) is 4.98 Å². The van der Waals surface area contributed by atoms with Crippen LogP contribution in [0.25, 0.3) is 11.0 Å². The van der Waals surface area contributed by atoms with Crippen LogP contribution in [0.3, 0.4) is 0 Å². The van der Waals surface area contributed by atoms with Gasteiger partial charge in [-0.3, -0.25) is 0 Å². The number of rotatable bonds is 9. The number of fused-ring (bicyclic) bond motifs is 1. The van der Waals surface area contributed by atoms with Crippen LogP contribution in [-0.4, -0.2) is 36.4 Å². The first-order chi connectivity index (χ1) is 15.9. The standard InChI is InChI=1S/C26H30N4O2S/c1-4-16-30-25-15-14-22(33(31,32)29(2)3)18-24(25)28-26(30)19-27-23-13-9-8-12-21(23)17-20-10-6-5-7-11-20/h5-15,18,27H,4,16-17,19H2,1-3H3. The Morgan fingerprint density at radius 3 is 2.42 bits per heavy atom. The summed E-state index contributed by atoms with van der Waals surface area (Å²) in [5.41, 5.74) is 5.21. The van der Waals surface area contributed by atoms with Crippen molar-refractivity contribution in [3.05, 3.63) is 89.7 Å². The summed E-state index contributed by atoms with van der Waals surface area (Å²) < 4.78 is 28.5. The van der Waals surface area contributed by atoms with Crippen molar-refractivity contribution in [1.82, 2.24) is 13.9 Å². The van der Waals surface area contributed by atoms with Gasteiger partial charge < -0.3 is 9.88 Å². The van der Waals surface area contributed by atoms with Gasteiger partial charge in [0.05, 0.1) is 22.5 Å². The van der Waals surface area contributed by atoms with Crippen LogP contribution in [0.1, 0.15) is 30.3 Å². The lowest BCUT2D eigenvalue weighted by molar-refractivity contribution is 0.521. The Labute approximate surface area is 195 Å². The predicted octanol–water partition coefficient (Wildman–Crippen LogP) is 4.90. The number of nitrogens with zero attached hydrogens (tertiary/aromatic N) is 3. The number of anilines is 1. The van der Waals surface area contributed by atoms with E-state index in [9.17, 15) is 8.42 Å². The minimum Gasteiger partial charge on any atom is -0.378 e. The third-order valence-electron chi connectivity index (χ3n) is 5.72. The van der Waals surface area contributed by atoms with E-state index in [0.717, 1.165) is 36.4 Å². The topological polar surface area (TPSA) is 67.2 Å². The van der Waals surface area contributed by atoms with Gasteiger partial charge in [-0.2, -0.15) is 0 Å². The SMILES string of the molecule is CCCn1c(CNc2ccccc2Cc2ccccc2)nc2cc(S(=O)(=O)N(C)C)ccc21. The smallest absolute Gasteiger partial charge is 0.242 e. The van der Waals surface area contributed by atoms with Gasteiger partial charge in [-0.25, -0.2) is 17.7 Å². The number of aryl methyl sites for hydroxylation is 1. The summed E-state index contributed by atoms with van der Waals surface area (Å²) in [7, 11) is -0.428. The molecular weight excluding hydrogens is 432 g/mol. The summed E-state index contributed by atoms with van der Waals surface area (Å²) in [6.07, 6.45) is 1.81. The van der Waals surface area contributed by atoms with Crippen LogP contribution in [0.5, 0.6) is 0 Å². The molecule has 0 saturated heterocycles. The van der Waals surface area contributed by atoms with Gasteiger partial charge in [0.15, 0.2) is 0 Å². The van der Waals surface area contributed by atoms with Gasteiger partial charge >= 0.3 is 0 Å². The van der Waals surface area contributed by atoms with E-state index < -0.39 is 10.0 Å². The Bertz CT molecular complexity index is 1350. The fraction of sp³-hybridized carbons (Fsp3) is 0.269. The monoisotopic (exact) mass is 462 g/mol. The molecule has 4 aromatic rings. The molecule has 0 saturated carbocycles. The molecule has 3 aromatic carbocycles. The van der Waals surface area contributed by atoms with E-state index in [1.807, 2.05) is 18.2 Å². The van der Waals surface area contributed by atoms with Crippen LogP contribution < -0.4 is 5.32 Å². The van der Waals surface area contributed by atoms with Crippen molar-refractivity contribution in [2.24, 2.45) is 0 Å². The molecule has 0 aliphatic carbocycles. The highest BCUT2D eigenvalue weighted by Crippen LogP contribution is 2.24. The molecule has 7 heteroatoms. The maximum Gasteiger partial charge on any atom is 0.242 e. The lowest BCUT2D eigenvalue weighted by atomic mass is 10.0. The molecule has 1 heterocycles. The van der Waals surface area contributed by atoms with E-state index in [0.29, 0.717) is 12.1 Å². The molecule has 0 radical (unpaired) electrons. The summed E-state index contributed by atoms with van der Waals surface area (Å²) in [4.78, 5) is 5.07. The van der Waals surface area contributed by atoms with E-state index in [1.54, 1.807) is 12.1 Å². The molecule has 0 spiro atoms. The molecule has 1 aromatic heterocycles. The van der Waals surface area contributed by atoms with Crippen molar-refractivity contribution in [1.29, 1.82) is 0 Å². The molecule has 4 rings (SSSR count). The van der Waals surface area contributed by atoms with Crippen LogP contribution in [0.15, 0.2) is 77.7 Å². The zero-order chi connectivity index (χ0) is 23.4. The summed E-state index contributed by atoms with van der Waals surface area (Å²) >= 11 is 0. The van der Waals surface area contributed by atoms with E-state index >= 15 is 0 Å². The summed E-state index contributed by atoms with van der Waals surface area (Å²) in [5.74, 6) is 0.890. The molecule has 0 fully saturated rings. The normalized spacial score (nSPS) is 11.9. The van der Waals surface area contributed by atoms with Crippen LogP contribution in [0.4, 0.5) is 5.69 Å². The highest BCUT2D eigenvalue weighted by Gasteiger charge is 2.19. The molecule has 0 amide bonds. The van der Waals surface area contributed by atoms with Crippen molar-refractivity contribution in [2.75, 3.05) is 19.4 Å². The van der Waals surface area contributed by atoms with Crippen molar-refractivity contribution in [3.8, 4) is 0 Å². The summed E-state index contributed by atoms with van der Waals surface area (Å²) in [5, 5.41) is 3.56. The van der Waals surface area contributed by atoms with Gasteiger partial charge in [0.1, 0.15) is 5.82 Å². The molecule has 6 nitrogen and oxygen atoms in total. The third-order valence-corrected chi connectivity index (χ3v) is 7.53. The number of hydrogen-bond donors (Lipinski definition) is 1. The average Bonchev–Trinajstić information content (AvgIpc) is 3.16. The Kier molecular flexibility index (Phi) is 6.81. The number of benzene rings is 3. The Balaban J connectivity index is 1.63. The fourth-order valence-electron chi connectivity index (χ4n) is 3.98. The van der Waals surface area contributed by atoms with Crippen molar-refractivity contribution >= 4 is 26.7 Å². The second kappa shape index (κ2) is 9.77. The predicted molar refractivity (Wildman–Crippen MR) is 134 cm³/mol. The average molecular weight is 463 g/mol. The second-order valence-corrected chi connectivity index (χ2v) is 10.4. The maximum absolute atomic E-state index is 12.6. The van der Waals surface area contributed by atoms with Crippen LogP contribution in [-0.2, 0) is 29.5 Å². The van der Waals surface area contributed by atoms with Gasteiger partial charge in [-0.05, 0) is 48.2 Å². The highest BCUT2D eigenvalue weighted by atomic mass is 32.2. The van der Waals surface area contributed by atoms with Crippen LogP contribution in [0.2, 0.25) is 0 Å². The number of nitrogens with one attached hydrogen (secondary N) is 1.